The predicted molar refractivity (Wildman–Crippen MR) is 60.1 cm³/mol. The maximum Gasteiger partial charge on any atom is 0.180 e. The number of nitrogens with zero attached hydrogens (tertiary/aromatic N) is 1. The van der Waals surface area contributed by atoms with Gasteiger partial charge in [0.25, 0.3) is 0 Å². The maximum atomic E-state index is 5.56. The lowest BCUT2D eigenvalue weighted by molar-refractivity contribution is 1.41. The van der Waals surface area contributed by atoms with E-state index in [-0.39, 0.29) is 0 Å². The van der Waals surface area contributed by atoms with Crippen LogP contribution in [0.1, 0.15) is 0 Å². The number of rotatable bonds is 1. The lowest BCUT2D eigenvalue weighted by Crippen LogP contribution is -2.00. The van der Waals surface area contributed by atoms with E-state index in [2.05, 4.69) is 25.0 Å². The Labute approximate surface area is 81.8 Å². The van der Waals surface area contributed by atoms with Crippen molar-refractivity contribution < 1.29 is 0 Å². The zero-order valence-electron chi connectivity index (χ0n) is 7.32. The van der Waals surface area contributed by atoms with E-state index < -0.39 is 0 Å². The fourth-order valence-corrected chi connectivity index (χ4v) is 1.80. The van der Waals surface area contributed by atoms with Gasteiger partial charge in [-0.3, -0.25) is 0 Å². The average Bonchev–Trinajstić information content (AvgIpc) is 2.52. The Morgan fingerprint density at radius 2 is 2.23 bits per heavy atom. The molecule has 0 spiro atoms. The number of hydrogen-bond acceptors (Lipinski definition) is 3. The minimum Gasteiger partial charge on any atom is -0.375 e. The fraction of sp³-hybridized carbons (Fsp3) is 0. The maximum absolute atomic E-state index is 5.56. The molecule has 0 radical (unpaired) electrons. The standard InChI is InChI=1S/C9H9BN2S/c10-7-3-1-2-6(4-7)8-5-13-9(11)12-8/h1-5H,10H2,(H2,11,12). The van der Waals surface area contributed by atoms with Crippen molar-refractivity contribution in [2.24, 2.45) is 0 Å². The fourth-order valence-electron chi connectivity index (χ4n) is 1.22. The Kier molecular flexibility index (Phi) is 2.06. The van der Waals surface area contributed by atoms with Crippen molar-refractivity contribution in [2.45, 2.75) is 0 Å². The second kappa shape index (κ2) is 3.22. The van der Waals surface area contributed by atoms with Crippen LogP contribution in [0, 0.1) is 0 Å². The lowest BCUT2D eigenvalue weighted by atomic mass is 9.94. The van der Waals surface area contributed by atoms with Crippen LogP contribution in [-0.2, 0) is 0 Å². The molecule has 1 aromatic carbocycles. The van der Waals surface area contributed by atoms with Crippen LogP contribution in [0.5, 0.6) is 0 Å². The molecule has 0 unspecified atom stereocenters. The molecule has 0 atom stereocenters. The van der Waals surface area contributed by atoms with Gasteiger partial charge in [0, 0.05) is 10.9 Å². The largest absolute Gasteiger partial charge is 0.375 e. The molecule has 13 heavy (non-hydrogen) atoms. The molecule has 0 aliphatic carbocycles. The third-order valence-electron chi connectivity index (χ3n) is 1.84. The molecule has 1 aromatic heterocycles. The van der Waals surface area contributed by atoms with Gasteiger partial charge in [-0.15, -0.1) is 11.3 Å². The van der Waals surface area contributed by atoms with Crippen molar-refractivity contribution in [3.05, 3.63) is 29.6 Å². The van der Waals surface area contributed by atoms with Crippen LogP contribution < -0.4 is 11.2 Å². The highest BCUT2D eigenvalue weighted by molar-refractivity contribution is 7.13. The van der Waals surface area contributed by atoms with Gasteiger partial charge >= 0.3 is 0 Å². The summed E-state index contributed by atoms with van der Waals surface area (Å²) in [5, 5.41) is 2.60. The summed E-state index contributed by atoms with van der Waals surface area (Å²) in [6.45, 7) is 0. The van der Waals surface area contributed by atoms with Crippen LogP contribution >= 0.6 is 11.3 Å². The molecule has 64 valence electrons. The van der Waals surface area contributed by atoms with E-state index in [0.717, 1.165) is 11.3 Å². The molecular weight excluding hydrogens is 179 g/mol. The molecule has 0 aliphatic heterocycles. The molecule has 0 saturated carbocycles. The van der Waals surface area contributed by atoms with Gasteiger partial charge in [0.2, 0.25) is 0 Å². The molecule has 0 fully saturated rings. The first kappa shape index (κ1) is 8.32. The molecule has 2 nitrogen and oxygen atoms in total. The van der Waals surface area contributed by atoms with Gasteiger partial charge in [0.15, 0.2) is 5.13 Å². The van der Waals surface area contributed by atoms with Crippen molar-refractivity contribution in [1.82, 2.24) is 4.98 Å². The van der Waals surface area contributed by atoms with Gasteiger partial charge in [-0.05, 0) is 0 Å². The van der Waals surface area contributed by atoms with Gasteiger partial charge in [-0.1, -0.05) is 29.7 Å². The molecule has 2 rings (SSSR count). The first-order valence-electron chi connectivity index (χ1n) is 4.04. The summed E-state index contributed by atoms with van der Waals surface area (Å²) in [7, 11) is 2.07. The van der Waals surface area contributed by atoms with Gasteiger partial charge in [0.05, 0.1) is 5.69 Å². The van der Waals surface area contributed by atoms with Crippen LogP contribution in [0.3, 0.4) is 0 Å². The third-order valence-corrected chi connectivity index (χ3v) is 2.51. The monoisotopic (exact) mass is 188 g/mol. The number of nitrogens with two attached hydrogens (primary N) is 1. The minimum absolute atomic E-state index is 0.622. The van der Waals surface area contributed by atoms with Crippen LogP contribution in [0.2, 0.25) is 0 Å². The van der Waals surface area contributed by atoms with Gasteiger partial charge in [-0.25, -0.2) is 4.98 Å². The second-order valence-corrected chi connectivity index (χ2v) is 3.83. The lowest BCUT2D eigenvalue weighted by Gasteiger charge is -1.97. The number of hydrogen-bond donors (Lipinski definition) is 1. The first-order chi connectivity index (χ1) is 6.25. The molecule has 0 bridgehead atoms. The highest BCUT2D eigenvalue weighted by Gasteiger charge is 2.01. The van der Waals surface area contributed by atoms with E-state index in [9.17, 15) is 0 Å². The molecule has 2 N–H and O–H groups in total. The minimum atomic E-state index is 0.622. The second-order valence-electron chi connectivity index (χ2n) is 2.94. The summed E-state index contributed by atoms with van der Waals surface area (Å²) in [6.07, 6.45) is 0. The van der Waals surface area contributed by atoms with Crippen LogP contribution in [0.15, 0.2) is 29.6 Å². The van der Waals surface area contributed by atoms with E-state index in [4.69, 9.17) is 5.73 Å². The Balaban J connectivity index is 2.46. The van der Waals surface area contributed by atoms with Crippen molar-refractivity contribution in [1.29, 1.82) is 0 Å². The highest BCUT2D eigenvalue weighted by Crippen LogP contribution is 2.21. The molecular formula is C9H9BN2S. The summed E-state index contributed by atoms with van der Waals surface area (Å²) in [5.74, 6) is 0. The molecule has 0 amide bonds. The topological polar surface area (TPSA) is 38.9 Å². The zero-order valence-corrected chi connectivity index (χ0v) is 8.14. The van der Waals surface area contributed by atoms with E-state index in [0.29, 0.717) is 5.13 Å². The summed E-state index contributed by atoms with van der Waals surface area (Å²) in [5.41, 5.74) is 8.90. The van der Waals surface area contributed by atoms with Crippen LogP contribution in [-0.4, -0.2) is 12.8 Å². The SMILES string of the molecule is Bc1cccc(-c2csc(N)n2)c1. The van der Waals surface area contributed by atoms with Gasteiger partial charge < -0.3 is 5.73 Å². The average molecular weight is 188 g/mol. The molecule has 0 aliphatic rings. The number of nitrogen functional groups attached to an aromatic ring is 1. The zero-order chi connectivity index (χ0) is 9.26. The van der Waals surface area contributed by atoms with Crippen LogP contribution in [0.4, 0.5) is 5.13 Å². The Hall–Kier alpha value is -1.29. The van der Waals surface area contributed by atoms with E-state index in [1.54, 1.807) is 0 Å². The van der Waals surface area contributed by atoms with Crippen LogP contribution in [0.25, 0.3) is 11.3 Å². The molecule has 4 heteroatoms. The van der Waals surface area contributed by atoms with E-state index in [1.807, 2.05) is 17.5 Å². The Morgan fingerprint density at radius 1 is 1.38 bits per heavy atom. The number of benzene rings is 1. The molecule has 1 heterocycles. The van der Waals surface area contributed by atoms with Crippen molar-refractivity contribution >= 4 is 29.8 Å². The van der Waals surface area contributed by atoms with Crippen molar-refractivity contribution in [3.63, 3.8) is 0 Å². The smallest absolute Gasteiger partial charge is 0.180 e. The quantitative estimate of drug-likeness (QED) is 0.667. The number of thiazole rings is 1. The van der Waals surface area contributed by atoms with E-state index >= 15 is 0 Å². The first-order valence-corrected chi connectivity index (χ1v) is 4.92. The summed E-state index contributed by atoms with van der Waals surface area (Å²) in [4.78, 5) is 4.22. The van der Waals surface area contributed by atoms with E-state index in [1.165, 1.54) is 16.8 Å². The Bertz CT molecular complexity index is 425. The number of aromatic nitrogens is 1. The highest BCUT2D eigenvalue weighted by atomic mass is 32.1. The summed E-state index contributed by atoms with van der Waals surface area (Å²) in [6, 6.07) is 8.25. The summed E-state index contributed by atoms with van der Waals surface area (Å²) < 4.78 is 0. The number of anilines is 1. The predicted octanol–water partition coefficient (Wildman–Crippen LogP) is 0.651. The van der Waals surface area contributed by atoms with Crippen molar-refractivity contribution in [2.75, 3.05) is 5.73 Å². The third kappa shape index (κ3) is 1.73. The summed E-state index contributed by atoms with van der Waals surface area (Å²) >= 11 is 1.47. The van der Waals surface area contributed by atoms with Gasteiger partial charge in [0.1, 0.15) is 7.85 Å². The van der Waals surface area contributed by atoms with Gasteiger partial charge in [-0.2, -0.15) is 0 Å². The normalized spacial score (nSPS) is 10.2. The Morgan fingerprint density at radius 3 is 2.85 bits per heavy atom. The molecule has 2 aromatic rings. The molecule has 0 saturated heterocycles. The van der Waals surface area contributed by atoms with Crippen molar-refractivity contribution in [3.8, 4) is 11.3 Å².